The number of hydrogen-bond donors (Lipinski definition) is 5. The second-order valence-corrected chi connectivity index (χ2v) is 12.2. The molecule has 0 aromatic heterocycles. The van der Waals surface area contributed by atoms with Gasteiger partial charge in [0, 0.05) is 44.4 Å². The summed E-state index contributed by atoms with van der Waals surface area (Å²) >= 11 is 0. The third-order valence-electron chi connectivity index (χ3n) is 9.55. The van der Waals surface area contributed by atoms with Crippen molar-refractivity contribution in [2.24, 2.45) is 23.7 Å². The predicted molar refractivity (Wildman–Crippen MR) is 156 cm³/mol. The number of rotatable bonds is 12. The predicted octanol–water partition coefficient (Wildman–Crippen LogP) is 3.27. The molecule has 1 saturated carbocycles. The van der Waals surface area contributed by atoms with E-state index in [4.69, 9.17) is 4.74 Å². The number of piperidine rings is 1. The Labute approximate surface area is 243 Å². The van der Waals surface area contributed by atoms with Crippen molar-refractivity contribution < 1.29 is 34.8 Å². The quantitative estimate of drug-likeness (QED) is 0.242. The minimum Gasteiger partial charge on any atom is -0.504 e. The molecule has 1 saturated heterocycles. The zero-order valence-corrected chi connectivity index (χ0v) is 24.3. The number of aromatic hydroxyl groups is 1. The Morgan fingerprint density at radius 2 is 1.85 bits per heavy atom. The number of aliphatic hydroxyl groups excluding tert-OH is 3. The van der Waals surface area contributed by atoms with Gasteiger partial charge in [-0.15, -0.1) is 0 Å². The van der Waals surface area contributed by atoms with Crippen LogP contribution in [0.4, 0.5) is 0 Å². The molecule has 3 aliphatic rings. The fourth-order valence-corrected chi connectivity index (χ4v) is 7.20. The number of carbonyl (C=O) groups is 2. The number of ketones is 2. The fourth-order valence-electron chi connectivity index (χ4n) is 7.20. The zero-order chi connectivity index (χ0) is 29.4. The van der Waals surface area contributed by atoms with Gasteiger partial charge in [-0.1, -0.05) is 24.7 Å². The van der Waals surface area contributed by atoms with Gasteiger partial charge < -0.3 is 30.5 Å². The van der Waals surface area contributed by atoms with Crippen LogP contribution in [-0.4, -0.2) is 71.0 Å². The van der Waals surface area contributed by atoms with E-state index >= 15 is 0 Å². The highest BCUT2D eigenvalue weighted by Crippen LogP contribution is 2.38. The number of ether oxygens (including phenoxy) is 1. The Morgan fingerprint density at radius 3 is 2.61 bits per heavy atom. The molecule has 8 nitrogen and oxygen atoms in total. The Hall–Kier alpha value is -2.44. The summed E-state index contributed by atoms with van der Waals surface area (Å²) in [5, 5.41) is 44.3. The molecule has 4 rings (SSSR count). The minimum atomic E-state index is -0.884. The van der Waals surface area contributed by atoms with Gasteiger partial charge in [-0.25, -0.2) is 0 Å². The Morgan fingerprint density at radius 1 is 1.05 bits per heavy atom. The standard InChI is InChI=1S/C33H47NO7/c1-41-33-17-23-9-12-31(39)27(11-8-22(13-15-36)28(23)19-32(33)40)30(38)6-2-4-21(5-3-14-35)25-16-24-7-10-26(37)18-29(24)34-20-25/h17,19,21-22,24-25,27,29-30,34-36,38,40H,2-7,9-10,12-16,18,20H2,1H3/t21-,22+,24+,25-,27-,29-,30-/m1/s1. The first-order valence-electron chi connectivity index (χ1n) is 15.4. The van der Waals surface area contributed by atoms with Crippen molar-refractivity contribution in [3.05, 3.63) is 23.3 Å². The van der Waals surface area contributed by atoms with E-state index in [1.807, 2.05) is 0 Å². The average molecular weight is 570 g/mol. The van der Waals surface area contributed by atoms with Crippen LogP contribution in [-0.2, 0) is 16.0 Å². The molecule has 0 unspecified atom stereocenters. The van der Waals surface area contributed by atoms with Crippen LogP contribution in [0.25, 0.3) is 0 Å². The zero-order valence-electron chi connectivity index (χ0n) is 24.3. The van der Waals surface area contributed by atoms with Gasteiger partial charge in [-0.3, -0.25) is 9.59 Å². The molecular formula is C33H47NO7. The van der Waals surface area contributed by atoms with Gasteiger partial charge in [0.25, 0.3) is 0 Å². The van der Waals surface area contributed by atoms with E-state index in [1.165, 1.54) is 7.11 Å². The summed E-state index contributed by atoms with van der Waals surface area (Å²) in [6, 6.07) is 3.65. The van der Waals surface area contributed by atoms with Gasteiger partial charge in [-0.2, -0.15) is 0 Å². The van der Waals surface area contributed by atoms with Crippen molar-refractivity contribution in [2.45, 2.75) is 95.1 Å². The number of methoxy groups -OCH3 is 1. The molecule has 7 atom stereocenters. The molecule has 0 bridgehead atoms. The summed E-state index contributed by atoms with van der Waals surface area (Å²) in [4.78, 5) is 25.1. The van der Waals surface area contributed by atoms with Crippen molar-refractivity contribution in [2.75, 3.05) is 26.9 Å². The van der Waals surface area contributed by atoms with Crippen LogP contribution in [0.1, 0.15) is 87.7 Å². The SMILES string of the molecule is COc1cc2c(cc1O)[C@H](CCO)C#C[C@H]([C@H](O)CCC[C@H](CCCO)[C@H]1CN[C@@H]3CC(=O)CC[C@H]3C1)C(=O)CC2. The molecular weight excluding hydrogens is 522 g/mol. The molecule has 2 aliphatic carbocycles. The third-order valence-corrected chi connectivity index (χ3v) is 9.55. The van der Waals surface area contributed by atoms with Crippen molar-refractivity contribution >= 4 is 11.6 Å². The molecule has 226 valence electrons. The van der Waals surface area contributed by atoms with Crippen molar-refractivity contribution in [3.8, 4) is 23.3 Å². The number of Topliss-reactive ketones (excluding diaryl/α,β-unsaturated/α-hetero) is 2. The van der Waals surface area contributed by atoms with Gasteiger partial charge in [0.05, 0.1) is 13.2 Å². The highest BCUT2D eigenvalue weighted by molar-refractivity contribution is 5.85. The van der Waals surface area contributed by atoms with Crippen molar-refractivity contribution in [3.63, 3.8) is 0 Å². The van der Waals surface area contributed by atoms with E-state index in [0.717, 1.165) is 56.2 Å². The lowest BCUT2D eigenvalue weighted by atomic mass is 9.70. The normalized spacial score (nSPS) is 27.8. The number of hydrogen-bond acceptors (Lipinski definition) is 8. The van der Waals surface area contributed by atoms with Crippen LogP contribution < -0.4 is 10.1 Å². The molecule has 1 aliphatic heterocycles. The minimum absolute atomic E-state index is 0.00503. The number of aliphatic hydroxyl groups is 3. The number of nitrogens with one attached hydrogen (secondary N) is 1. The summed E-state index contributed by atoms with van der Waals surface area (Å²) in [5.41, 5.74) is 1.64. The summed E-state index contributed by atoms with van der Waals surface area (Å²) < 4.78 is 5.27. The average Bonchev–Trinajstić information content (AvgIpc) is 3.02. The van der Waals surface area contributed by atoms with Crippen LogP contribution in [0.5, 0.6) is 11.5 Å². The molecule has 8 heteroatoms. The summed E-state index contributed by atoms with van der Waals surface area (Å²) in [5.74, 6) is 7.05. The number of benzene rings is 1. The van der Waals surface area contributed by atoms with E-state index < -0.39 is 12.0 Å². The van der Waals surface area contributed by atoms with E-state index in [1.54, 1.807) is 12.1 Å². The highest BCUT2D eigenvalue weighted by Gasteiger charge is 2.37. The number of phenols is 1. The maximum atomic E-state index is 13.2. The van der Waals surface area contributed by atoms with Crippen LogP contribution in [0.2, 0.25) is 0 Å². The van der Waals surface area contributed by atoms with Gasteiger partial charge in [0.15, 0.2) is 17.3 Å². The molecule has 1 heterocycles. The number of fused-ring (bicyclic) bond motifs is 2. The first-order chi connectivity index (χ1) is 19.8. The van der Waals surface area contributed by atoms with Crippen molar-refractivity contribution in [1.29, 1.82) is 0 Å². The summed E-state index contributed by atoms with van der Waals surface area (Å²) in [7, 11) is 1.48. The second-order valence-electron chi connectivity index (χ2n) is 12.2. The number of carbonyl (C=O) groups excluding carboxylic acids is 2. The Bertz CT molecular complexity index is 1110. The van der Waals surface area contributed by atoms with Crippen molar-refractivity contribution in [1.82, 2.24) is 5.32 Å². The molecule has 41 heavy (non-hydrogen) atoms. The van der Waals surface area contributed by atoms with E-state index in [0.29, 0.717) is 67.4 Å². The Kier molecular flexibility index (Phi) is 11.6. The molecule has 2 fully saturated rings. The number of aryl methyl sites for hydroxylation is 1. The molecule has 0 radical (unpaired) electrons. The van der Waals surface area contributed by atoms with Gasteiger partial charge >= 0.3 is 0 Å². The third kappa shape index (κ3) is 8.10. The topological polar surface area (TPSA) is 136 Å². The fraction of sp³-hybridized carbons (Fsp3) is 0.697. The molecule has 0 spiro atoms. The van der Waals surface area contributed by atoms with E-state index in [-0.39, 0.29) is 37.1 Å². The summed E-state index contributed by atoms with van der Waals surface area (Å²) in [6.07, 6.45) is 7.32. The first kappa shape index (κ1) is 31.5. The molecule has 1 aromatic rings. The Balaban J connectivity index is 1.40. The maximum Gasteiger partial charge on any atom is 0.160 e. The van der Waals surface area contributed by atoms with Crippen LogP contribution in [0.3, 0.4) is 0 Å². The largest absolute Gasteiger partial charge is 0.504 e. The summed E-state index contributed by atoms with van der Waals surface area (Å²) in [6.45, 7) is 0.954. The highest BCUT2D eigenvalue weighted by atomic mass is 16.5. The smallest absolute Gasteiger partial charge is 0.160 e. The monoisotopic (exact) mass is 569 g/mol. The maximum absolute atomic E-state index is 13.2. The lowest BCUT2D eigenvalue weighted by Gasteiger charge is -2.42. The van der Waals surface area contributed by atoms with Gasteiger partial charge in [-0.05, 0) is 92.5 Å². The van der Waals surface area contributed by atoms with Crippen LogP contribution in [0.15, 0.2) is 12.1 Å². The lowest BCUT2D eigenvalue weighted by Crippen LogP contribution is -2.50. The second kappa shape index (κ2) is 15.2. The van der Waals surface area contributed by atoms with E-state index in [2.05, 4.69) is 17.2 Å². The van der Waals surface area contributed by atoms with Crippen LogP contribution in [0, 0.1) is 35.5 Å². The van der Waals surface area contributed by atoms with E-state index in [9.17, 15) is 30.0 Å². The van der Waals surface area contributed by atoms with Gasteiger partial charge in [0.1, 0.15) is 11.7 Å². The molecule has 5 N–H and O–H groups in total. The number of phenolic OH excluding ortho intramolecular Hbond substituents is 1. The molecule has 1 aromatic carbocycles. The lowest BCUT2D eigenvalue weighted by molar-refractivity contribution is -0.124. The van der Waals surface area contributed by atoms with Gasteiger partial charge in [0.2, 0.25) is 0 Å². The van der Waals surface area contributed by atoms with Crippen LogP contribution >= 0.6 is 0 Å². The molecule has 0 amide bonds. The first-order valence-corrected chi connectivity index (χ1v) is 15.4.